The van der Waals surface area contributed by atoms with E-state index in [2.05, 4.69) is 0 Å². The highest BCUT2D eigenvalue weighted by Gasteiger charge is 2.14. The Morgan fingerprint density at radius 3 is 2.58 bits per heavy atom. The number of methoxy groups -OCH3 is 1. The summed E-state index contributed by atoms with van der Waals surface area (Å²) in [5.74, 6) is 0. The number of rotatable bonds is 3. The molecule has 0 spiro atoms. The van der Waals surface area contributed by atoms with Crippen LogP contribution in [0.5, 0.6) is 0 Å². The van der Waals surface area contributed by atoms with Gasteiger partial charge in [0.1, 0.15) is 0 Å². The zero-order chi connectivity index (χ0) is 8.97. The summed E-state index contributed by atoms with van der Waals surface area (Å²) in [6.45, 7) is 0.397. The van der Waals surface area contributed by atoms with E-state index in [4.69, 9.17) is 14.8 Å². The van der Waals surface area contributed by atoms with Gasteiger partial charge in [0.15, 0.2) is 0 Å². The van der Waals surface area contributed by atoms with Crippen molar-refractivity contribution < 1.29 is 14.8 Å². The molecule has 1 rings (SSSR count). The summed E-state index contributed by atoms with van der Waals surface area (Å²) in [4.78, 5) is 0. The quantitative estimate of drug-likeness (QED) is 0.595. The topological polar surface area (TPSA) is 49.7 Å². The maximum Gasteiger partial charge on any atom is 0.488 e. The van der Waals surface area contributed by atoms with Crippen LogP contribution in [0.4, 0.5) is 0 Å². The van der Waals surface area contributed by atoms with Crippen molar-refractivity contribution in [2.45, 2.75) is 6.61 Å². The maximum atomic E-state index is 8.93. The van der Waals surface area contributed by atoms with Crippen molar-refractivity contribution in [1.82, 2.24) is 0 Å². The van der Waals surface area contributed by atoms with Crippen LogP contribution >= 0.6 is 0 Å². The first-order valence-corrected chi connectivity index (χ1v) is 3.68. The Morgan fingerprint density at radius 1 is 1.33 bits per heavy atom. The third-order valence-electron chi connectivity index (χ3n) is 1.63. The molecule has 0 aliphatic carbocycles. The zero-order valence-electron chi connectivity index (χ0n) is 6.90. The van der Waals surface area contributed by atoms with Crippen LogP contribution in [0.2, 0.25) is 0 Å². The molecule has 0 unspecified atom stereocenters. The zero-order valence-corrected chi connectivity index (χ0v) is 6.90. The minimum Gasteiger partial charge on any atom is -0.423 e. The molecule has 0 fully saturated rings. The normalized spacial score (nSPS) is 9.92. The molecule has 3 nitrogen and oxygen atoms in total. The second-order valence-electron chi connectivity index (χ2n) is 2.51. The van der Waals surface area contributed by atoms with Gasteiger partial charge in [0.05, 0.1) is 6.61 Å². The van der Waals surface area contributed by atoms with E-state index in [1.807, 2.05) is 6.07 Å². The first-order valence-electron chi connectivity index (χ1n) is 3.68. The van der Waals surface area contributed by atoms with Gasteiger partial charge in [-0.1, -0.05) is 24.3 Å². The molecule has 1 aromatic carbocycles. The fourth-order valence-corrected chi connectivity index (χ4v) is 1.07. The monoisotopic (exact) mass is 166 g/mol. The third kappa shape index (κ3) is 2.07. The van der Waals surface area contributed by atoms with Gasteiger partial charge < -0.3 is 14.8 Å². The number of hydrogen-bond donors (Lipinski definition) is 2. The molecular formula is C8H11BO3. The highest BCUT2D eigenvalue weighted by Crippen LogP contribution is 1.98. The second kappa shape index (κ2) is 4.26. The molecular weight excluding hydrogens is 155 g/mol. The molecule has 0 aliphatic heterocycles. The summed E-state index contributed by atoms with van der Waals surface area (Å²) in [5.41, 5.74) is 1.30. The van der Waals surface area contributed by atoms with Gasteiger partial charge in [0, 0.05) is 7.11 Å². The molecule has 0 radical (unpaired) electrons. The third-order valence-corrected chi connectivity index (χ3v) is 1.63. The minimum absolute atomic E-state index is 0.397. The predicted molar refractivity (Wildman–Crippen MR) is 47.0 cm³/mol. The summed E-state index contributed by atoms with van der Waals surface area (Å²) in [5, 5.41) is 17.9. The van der Waals surface area contributed by atoms with Crippen LogP contribution in [0, 0.1) is 0 Å². The summed E-state index contributed by atoms with van der Waals surface area (Å²) in [7, 11) is 0.150. The first-order chi connectivity index (χ1) is 5.75. The van der Waals surface area contributed by atoms with Gasteiger partial charge in [-0.2, -0.15) is 0 Å². The molecule has 0 heterocycles. The van der Waals surface area contributed by atoms with Gasteiger partial charge in [0.2, 0.25) is 0 Å². The van der Waals surface area contributed by atoms with Gasteiger partial charge in [-0.25, -0.2) is 0 Å². The van der Waals surface area contributed by atoms with E-state index in [0.717, 1.165) is 5.56 Å². The minimum atomic E-state index is -1.42. The maximum absolute atomic E-state index is 8.93. The Bertz CT molecular complexity index is 250. The fraction of sp³-hybridized carbons (Fsp3) is 0.250. The van der Waals surface area contributed by atoms with E-state index in [0.29, 0.717) is 12.1 Å². The Hall–Kier alpha value is -0.835. The number of ether oxygens (including phenoxy) is 1. The van der Waals surface area contributed by atoms with Crippen molar-refractivity contribution in [3.05, 3.63) is 29.8 Å². The Balaban J connectivity index is 2.92. The lowest BCUT2D eigenvalue weighted by atomic mass is 9.77. The Labute approximate surface area is 71.8 Å². The molecule has 0 atom stereocenters. The average Bonchev–Trinajstić information content (AvgIpc) is 2.05. The van der Waals surface area contributed by atoms with Crippen molar-refractivity contribution in [2.75, 3.05) is 7.11 Å². The smallest absolute Gasteiger partial charge is 0.423 e. The summed E-state index contributed by atoms with van der Waals surface area (Å²) >= 11 is 0. The van der Waals surface area contributed by atoms with Crippen molar-refractivity contribution in [3.8, 4) is 0 Å². The fourth-order valence-electron chi connectivity index (χ4n) is 1.07. The van der Waals surface area contributed by atoms with Crippen LogP contribution in [0.3, 0.4) is 0 Å². The molecule has 12 heavy (non-hydrogen) atoms. The molecule has 2 N–H and O–H groups in total. The second-order valence-corrected chi connectivity index (χ2v) is 2.51. The van der Waals surface area contributed by atoms with Crippen LogP contribution < -0.4 is 5.46 Å². The summed E-state index contributed by atoms with van der Waals surface area (Å²) in [6, 6.07) is 7.06. The van der Waals surface area contributed by atoms with E-state index in [1.165, 1.54) is 0 Å². The lowest BCUT2D eigenvalue weighted by Crippen LogP contribution is -2.33. The standard InChI is InChI=1S/C8H11BO3/c1-12-6-7-4-2-3-5-8(7)9(10)11/h2-5,10-11H,6H2,1H3. The van der Waals surface area contributed by atoms with E-state index >= 15 is 0 Å². The largest absolute Gasteiger partial charge is 0.488 e. The van der Waals surface area contributed by atoms with Crippen LogP contribution in [-0.4, -0.2) is 24.3 Å². The van der Waals surface area contributed by atoms with E-state index in [9.17, 15) is 0 Å². The summed E-state index contributed by atoms with van der Waals surface area (Å²) in [6.07, 6.45) is 0. The average molecular weight is 166 g/mol. The van der Waals surface area contributed by atoms with Crippen molar-refractivity contribution in [2.24, 2.45) is 0 Å². The molecule has 4 heteroatoms. The molecule has 64 valence electrons. The Kier molecular flexibility index (Phi) is 3.28. The molecule has 0 amide bonds. The first kappa shape index (κ1) is 9.25. The van der Waals surface area contributed by atoms with Crippen LogP contribution in [0.15, 0.2) is 24.3 Å². The summed E-state index contributed by atoms with van der Waals surface area (Å²) < 4.78 is 4.90. The molecule has 0 aliphatic rings. The SMILES string of the molecule is COCc1ccccc1B(O)O. The lowest BCUT2D eigenvalue weighted by Gasteiger charge is -2.06. The van der Waals surface area contributed by atoms with Gasteiger partial charge in [-0.05, 0) is 11.0 Å². The van der Waals surface area contributed by atoms with E-state index in [1.54, 1.807) is 25.3 Å². The van der Waals surface area contributed by atoms with Crippen LogP contribution in [0.1, 0.15) is 5.56 Å². The van der Waals surface area contributed by atoms with Crippen LogP contribution in [-0.2, 0) is 11.3 Å². The lowest BCUT2D eigenvalue weighted by molar-refractivity contribution is 0.185. The molecule has 0 aromatic heterocycles. The van der Waals surface area contributed by atoms with Gasteiger partial charge in [0.25, 0.3) is 0 Å². The Morgan fingerprint density at radius 2 is 2.00 bits per heavy atom. The van der Waals surface area contributed by atoms with E-state index < -0.39 is 7.12 Å². The van der Waals surface area contributed by atoms with Crippen molar-refractivity contribution >= 4 is 12.6 Å². The molecule has 0 bridgehead atoms. The number of benzene rings is 1. The highest BCUT2D eigenvalue weighted by atomic mass is 16.5. The molecule has 1 aromatic rings. The van der Waals surface area contributed by atoms with Crippen LogP contribution in [0.25, 0.3) is 0 Å². The number of hydrogen-bond acceptors (Lipinski definition) is 3. The van der Waals surface area contributed by atoms with Gasteiger partial charge in [-0.3, -0.25) is 0 Å². The van der Waals surface area contributed by atoms with Crippen molar-refractivity contribution in [1.29, 1.82) is 0 Å². The molecule has 0 saturated heterocycles. The van der Waals surface area contributed by atoms with E-state index in [-0.39, 0.29) is 0 Å². The van der Waals surface area contributed by atoms with Gasteiger partial charge in [-0.15, -0.1) is 0 Å². The van der Waals surface area contributed by atoms with Gasteiger partial charge >= 0.3 is 7.12 Å². The highest BCUT2D eigenvalue weighted by molar-refractivity contribution is 6.59. The van der Waals surface area contributed by atoms with Crippen molar-refractivity contribution in [3.63, 3.8) is 0 Å². The molecule has 0 saturated carbocycles. The predicted octanol–water partition coefficient (Wildman–Crippen LogP) is -0.487.